The van der Waals surface area contributed by atoms with Crippen LogP contribution in [0.3, 0.4) is 0 Å². The van der Waals surface area contributed by atoms with Gasteiger partial charge in [-0.1, -0.05) is 30.3 Å². The van der Waals surface area contributed by atoms with Crippen LogP contribution in [0, 0.1) is 0 Å². The monoisotopic (exact) mass is 612 g/mol. The topological polar surface area (TPSA) is 87.3 Å². The number of piperazine rings is 2. The minimum atomic E-state index is -0.148. The molecule has 3 aliphatic rings. The average Bonchev–Trinajstić information content (AvgIpc) is 3.05. The summed E-state index contributed by atoms with van der Waals surface area (Å²) in [6, 6.07) is 18.9. The fourth-order valence-electron chi connectivity index (χ4n) is 6.61. The zero-order chi connectivity index (χ0) is 31.2. The van der Waals surface area contributed by atoms with Crippen molar-refractivity contribution in [3.05, 3.63) is 60.2 Å². The van der Waals surface area contributed by atoms with Crippen LogP contribution in [0.4, 0.5) is 17.2 Å². The first-order valence-electron chi connectivity index (χ1n) is 16.6. The van der Waals surface area contributed by atoms with E-state index in [9.17, 15) is 9.59 Å². The molecule has 3 saturated heterocycles. The SMILES string of the molecule is CN1CCN(c2cc(N3CCN(C)CC3)c3cc(NC(=O)CCC(=O)NC4CCN(Cc5ccccc5)CC4)ccc3n2)CC1. The number of hydrogen-bond acceptors (Lipinski definition) is 8. The number of likely N-dealkylation sites (tertiary alicyclic amines) is 1. The Labute approximate surface area is 267 Å². The van der Waals surface area contributed by atoms with Crippen LogP contribution in [0.2, 0.25) is 0 Å². The molecule has 2 aromatic carbocycles. The Kier molecular flexibility index (Phi) is 10.1. The van der Waals surface area contributed by atoms with Gasteiger partial charge in [0.2, 0.25) is 11.8 Å². The number of aromatic nitrogens is 1. The Hall–Kier alpha value is -3.73. The number of amides is 2. The highest BCUT2D eigenvalue weighted by atomic mass is 16.2. The molecule has 0 atom stereocenters. The number of rotatable bonds is 9. The maximum Gasteiger partial charge on any atom is 0.224 e. The number of nitrogens with one attached hydrogen (secondary N) is 2. The Bertz CT molecular complexity index is 1440. The number of piperidine rings is 1. The molecule has 3 aromatic rings. The lowest BCUT2D eigenvalue weighted by Gasteiger charge is -2.37. The molecule has 10 heteroatoms. The fraction of sp³-hybridized carbons (Fsp3) is 0.514. The molecule has 3 aliphatic heterocycles. The molecular weight excluding hydrogens is 564 g/mol. The highest BCUT2D eigenvalue weighted by Gasteiger charge is 2.23. The van der Waals surface area contributed by atoms with E-state index < -0.39 is 0 Å². The van der Waals surface area contributed by atoms with Gasteiger partial charge in [0.05, 0.1) is 5.52 Å². The Morgan fingerprint density at radius 2 is 1.40 bits per heavy atom. The number of anilines is 3. The lowest BCUT2D eigenvalue weighted by atomic mass is 10.0. The van der Waals surface area contributed by atoms with Crippen LogP contribution in [0.25, 0.3) is 10.9 Å². The van der Waals surface area contributed by atoms with Crippen LogP contribution in [-0.4, -0.2) is 117 Å². The van der Waals surface area contributed by atoms with Crippen molar-refractivity contribution in [3.63, 3.8) is 0 Å². The summed E-state index contributed by atoms with van der Waals surface area (Å²) < 4.78 is 0. The Balaban J connectivity index is 1.04. The molecule has 0 aliphatic carbocycles. The summed E-state index contributed by atoms with van der Waals surface area (Å²) in [4.78, 5) is 42.7. The molecule has 3 fully saturated rings. The Morgan fingerprint density at radius 3 is 2.09 bits per heavy atom. The normalized spacial score (nSPS) is 19.2. The maximum atomic E-state index is 12.9. The zero-order valence-corrected chi connectivity index (χ0v) is 26.9. The van der Waals surface area contributed by atoms with Crippen molar-refractivity contribution in [2.45, 2.75) is 38.3 Å². The van der Waals surface area contributed by atoms with E-state index in [0.29, 0.717) is 0 Å². The number of fused-ring (bicyclic) bond motifs is 1. The summed E-state index contributed by atoms with van der Waals surface area (Å²) in [5, 5.41) is 7.25. The van der Waals surface area contributed by atoms with Crippen LogP contribution in [0.15, 0.2) is 54.6 Å². The first-order valence-corrected chi connectivity index (χ1v) is 16.6. The third-order valence-electron chi connectivity index (χ3n) is 9.51. The minimum Gasteiger partial charge on any atom is -0.368 e. The van der Waals surface area contributed by atoms with Gasteiger partial charge in [-0.2, -0.15) is 0 Å². The van der Waals surface area contributed by atoms with Crippen LogP contribution in [0.5, 0.6) is 0 Å². The molecule has 2 N–H and O–H groups in total. The van der Waals surface area contributed by atoms with Gasteiger partial charge in [0.25, 0.3) is 0 Å². The summed E-state index contributed by atoms with van der Waals surface area (Å²) in [6.07, 6.45) is 2.21. The van der Waals surface area contributed by atoms with Crippen molar-refractivity contribution in [2.24, 2.45) is 0 Å². The number of nitrogens with zero attached hydrogens (tertiary/aromatic N) is 6. The third-order valence-corrected chi connectivity index (χ3v) is 9.51. The predicted octanol–water partition coefficient (Wildman–Crippen LogP) is 3.24. The summed E-state index contributed by atoms with van der Waals surface area (Å²) in [7, 11) is 4.34. The van der Waals surface area contributed by atoms with Gasteiger partial charge in [0, 0.05) is 114 Å². The number of likely N-dealkylation sites (N-methyl/N-ethyl adjacent to an activating group) is 2. The second-order valence-electron chi connectivity index (χ2n) is 13.0. The van der Waals surface area contributed by atoms with Crippen molar-refractivity contribution in [3.8, 4) is 0 Å². The quantitative estimate of drug-likeness (QED) is 0.381. The Morgan fingerprint density at radius 1 is 0.756 bits per heavy atom. The van der Waals surface area contributed by atoms with Crippen LogP contribution >= 0.6 is 0 Å². The van der Waals surface area contributed by atoms with E-state index in [1.807, 2.05) is 24.3 Å². The minimum absolute atomic E-state index is 0.0526. The predicted molar refractivity (Wildman–Crippen MR) is 182 cm³/mol. The van der Waals surface area contributed by atoms with Crippen molar-refractivity contribution in [1.82, 2.24) is 25.0 Å². The summed E-state index contributed by atoms with van der Waals surface area (Å²) in [6.45, 7) is 10.8. The van der Waals surface area contributed by atoms with Gasteiger partial charge in [-0.05, 0) is 50.7 Å². The van der Waals surface area contributed by atoms with Crippen molar-refractivity contribution < 1.29 is 9.59 Å². The zero-order valence-electron chi connectivity index (χ0n) is 26.9. The molecule has 4 heterocycles. The van der Waals surface area contributed by atoms with Crippen molar-refractivity contribution in [2.75, 3.05) is 94.7 Å². The second kappa shape index (κ2) is 14.6. The molecule has 6 rings (SSSR count). The highest BCUT2D eigenvalue weighted by molar-refractivity contribution is 5.99. The largest absolute Gasteiger partial charge is 0.368 e. The maximum absolute atomic E-state index is 12.9. The molecule has 0 saturated carbocycles. The first kappa shape index (κ1) is 31.3. The average molecular weight is 613 g/mol. The molecule has 1 aromatic heterocycles. The third kappa shape index (κ3) is 8.31. The van der Waals surface area contributed by atoms with Gasteiger partial charge in [0.1, 0.15) is 5.82 Å². The number of pyridine rings is 1. The van der Waals surface area contributed by atoms with E-state index >= 15 is 0 Å². The number of carbonyl (C=O) groups excluding carboxylic acids is 2. The van der Waals surface area contributed by atoms with E-state index in [4.69, 9.17) is 4.98 Å². The smallest absolute Gasteiger partial charge is 0.224 e. The van der Waals surface area contributed by atoms with Gasteiger partial charge in [0.15, 0.2) is 0 Å². The van der Waals surface area contributed by atoms with E-state index in [1.54, 1.807) is 0 Å². The van der Waals surface area contributed by atoms with Crippen LogP contribution in [0.1, 0.15) is 31.2 Å². The first-order chi connectivity index (χ1) is 21.9. The lowest BCUT2D eigenvalue weighted by Crippen LogP contribution is -2.45. The van der Waals surface area contributed by atoms with Crippen molar-refractivity contribution >= 4 is 39.9 Å². The van der Waals surface area contributed by atoms with Crippen molar-refractivity contribution in [1.29, 1.82) is 0 Å². The molecule has 0 spiro atoms. The molecule has 10 nitrogen and oxygen atoms in total. The van der Waals surface area contributed by atoms with E-state index in [0.717, 1.165) is 107 Å². The van der Waals surface area contributed by atoms with Gasteiger partial charge in [-0.3, -0.25) is 14.5 Å². The lowest BCUT2D eigenvalue weighted by molar-refractivity contribution is -0.125. The summed E-state index contributed by atoms with van der Waals surface area (Å²) in [5.74, 6) is 0.822. The van der Waals surface area contributed by atoms with Crippen LogP contribution < -0.4 is 20.4 Å². The van der Waals surface area contributed by atoms with Gasteiger partial charge in [-0.25, -0.2) is 4.98 Å². The molecule has 0 unspecified atom stereocenters. The molecule has 2 amide bonds. The van der Waals surface area contributed by atoms with Gasteiger partial charge >= 0.3 is 0 Å². The number of hydrogen-bond donors (Lipinski definition) is 2. The highest BCUT2D eigenvalue weighted by Crippen LogP contribution is 2.33. The summed E-state index contributed by atoms with van der Waals surface area (Å²) >= 11 is 0. The molecule has 0 bridgehead atoms. The molecule has 0 radical (unpaired) electrons. The van der Waals surface area contributed by atoms with Gasteiger partial charge in [-0.15, -0.1) is 0 Å². The van der Waals surface area contributed by atoms with E-state index in [1.165, 1.54) is 11.3 Å². The molecule has 240 valence electrons. The second-order valence-corrected chi connectivity index (χ2v) is 13.0. The number of carbonyl (C=O) groups is 2. The summed E-state index contributed by atoms with van der Waals surface area (Å²) in [5.41, 5.74) is 4.17. The standard InChI is InChI=1S/C35H48N8O2/c1-39-16-20-42(21-17-39)32-25-33(43-22-18-40(2)19-23-43)38-31-9-8-29(24-30(31)32)37-35(45)11-10-34(44)36-28-12-14-41(15-13-28)26-27-6-4-3-5-7-27/h3-9,24-25,28H,10-23,26H2,1-2H3,(H,36,44)(H,37,45). The molecule has 45 heavy (non-hydrogen) atoms. The van der Waals surface area contributed by atoms with E-state index in [2.05, 4.69) is 79.6 Å². The molecular formula is C35H48N8O2. The number of benzene rings is 2. The fourth-order valence-corrected chi connectivity index (χ4v) is 6.61. The van der Waals surface area contributed by atoms with E-state index in [-0.39, 0.29) is 30.7 Å². The van der Waals surface area contributed by atoms with Gasteiger partial charge < -0.3 is 30.2 Å². The van der Waals surface area contributed by atoms with Crippen LogP contribution in [-0.2, 0) is 16.1 Å².